The van der Waals surface area contributed by atoms with E-state index in [0.29, 0.717) is 36.6 Å². The van der Waals surface area contributed by atoms with Gasteiger partial charge in [0.25, 0.3) is 0 Å². The van der Waals surface area contributed by atoms with Crippen LogP contribution in [0.5, 0.6) is 0 Å². The molecule has 102 valence electrons. The van der Waals surface area contributed by atoms with Crippen LogP contribution >= 0.6 is 0 Å². The van der Waals surface area contributed by atoms with E-state index in [2.05, 4.69) is 41.6 Å². The lowest BCUT2D eigenvalue weighted by atomic mass is 10.1. The first kappa shape index (κ1) is 13.3. The summed E-state index contributed by atoms with van der Waals surface area (Å²) >= 11 is 0. The maximum atomic E-state index is 5.54. The summed E-state index contributed by atoms with van der Waals surface area (Å²) < 4.78 is 11.0. The maximum absolute atomic E-state index is 5.54. The standard InChI is InChI=1S/C12H22N4O2/c1-8(2)13-7-11-15-16-12(18-11)14-10-4-5-17-9(3)6-10/h8-10,13H,4-7H2,1-3H3,(H,14,16). The van der Waals surface area contributed by atoms with Crippen molar-refractivity contribution in [1.29, 1.82) is 0 Å². The van der Waals surface area contributed by atoms with Crippen LogP contribution in [0.2, 0.25) is 0 Å². The highest BCUT2D eigenvalue weighted by molar-refractivity contribution is 5.19. The normalized spacial score (nSPS) is 24.4. The average Bonchev–Trinajstić information content (AvgIpc) is 2.74. The van der Waals surface area contributed by atoms with Crippen LogP contribution in [0.25, 0.3) is 0 Å². The monoisotopic (exact) mass is 254 g/mol. The van der Waals surface area contributed by atoms with Crippen LogP contribution in [0, 0.1) is 0 Å². The van der Waals surface area contributed by atoms with Gasteiger partial charge < -0.3 is 19.8 Å². The molecular formula is C12H22N4O2. The van der Waals surface area contributed by atoms with Crippen molar-refractivity contribution in [1.82, 2.24) is 15.5 Å². The molecule has 2 atom stereocenters. The molecule has 1 aliphatic rings. The van der Waals surface area contributed by atoms with Crippen LogP contribution in [0.3, 0.4) is 0 Å². The summed E-state index contributed by atoms with van der Waals surface area (Å²) in [5.41, 5.74) is 0. The molecular weight excluding hydrogens is 232 g/mol. The number of nitrogens with one attached hydrogen (secondary N) is 2. The minimum atomic E-state index is 0.293. The molecule has 2 unspecified atom stereocenters. The molecule has 1 aromatic heterocycles. The number of rotatable bonds is 5. The Labute approximate surface area is 107 Å². The third-order valence-electron chi connectivity index (χ3n) is 2.94. The van der Waals surface area contributed by atoms with Crippen LogP contribution in [0.15, 0.2) is 4.42 Å². The SMILES string of the molecule is CC(C)NCc1nnc(NC2CCOC(C)C2)o1. The fourth-order valence-corrected chi connectivity index (χ4v) is 1.98. The molecule has 2 rings (SSSR count). The molecule has 0 aromatic carbocycles. The van der Waals surface area contributed by atoms with Crippen LogP contribution in [-0.4, -0.2) is 35.0 Å². The summed E-state index contributed by atoms with van der Waals surface area (Å²) in [4.78, 5) is 0. The van der Waals surface area contributed by atoms with Crippen LogP contribution in [0.1, 0.15) is 39.5 Å². The van der Waals surface area contributed by atoms with Gasteiger partial charge in [0.1, 0.15) is 0 Å². The molecule has 6 nitrogen and oxygen atoms in total. The Morgan fingerprint density at radius 1 is 1.39 bits per heavy atom. The summed E-state index contributed by atoms with van der Waals surface area (Å²) in [5.74, 6) is 0.617. The van der Waals surface area contributed by atoms with Gasteiger partial charge in [-0.15, -0.1) is 5.10 Å². The van der Waals surface area contributed by atoms with E-state index in [1.807, 2.05) is 0 Å². The summed E-state index contributed by atoms with van der Waals surface area (Å²) in [6.07, 6.45) is 2.25. The average molecular weight is 254 g/mol. The summed E-state index contributed by atoms with van der Waals surface area (Å²) in [6, 6.07) is 1.28. The predicted molar refractivity (Wildman–Crippen MR) is 68.3 cm³/mol. The van der Waals surface area contributed by atoms with Gasteiger partial charge in [-0.3, -0.25) is 0 Å². The van der Waals surface area contributed by atoms with Gasteiger partial charge in [-0.2, -0.15) is 0 Å². The van der Waals surface area contributed by atoms with Crippen molar-refractivity contribution >= 4 is 6.01 Å². The van der Waals surface area contributed by atoms with E-state index < -0.39 is 0 Å². The van der Waals surface area contributed by atoms with Gasteiger partial charge in [-0.05, 0) is 19.8 Å². The van der Waals surface area contributed by atoms with E-state index in [1.54, 1.807) is 0 Å². The minimum absolute atomic E-state index is 0.293. The van der Waals surface area contributed by atoms with E-state index in [0.717, 1.165) is 19.4 Å². The van der Waals surface area contributed by atoms with E-state index in [4.69, 9.17) is 9.15 Å². The molecule has 6 heteroatoms. The Bertz CT molecular complexity index is 367. The third kappa shape index (κ3) is 3.96. The highest BCUT2D eigenvalue weighted by Gasteiger charge is 2.20. The van der Waals surface area contributed by atoms with E-state index in [9.17, 15) is 0 Å². The molecule has 2 N–H and O–H groups in total. The molecule has 0 spiro atoms. The lowest BCUT2D eigenvalue weighted by Gasteiger charge is -2.27. The molecule has 0 bridgehead atoms. The number of anilines is 1. The molecule has 2 heterocycles. The zero-order valence-electron chi connectivity index (χ0n) is 11.3. The Hall–Kier alpha value is -1.14. The second-order valence-corrected chi connectivity index (χ2v) is 5.08. The van der Waals surface area contributed by atoms with Gasteiger partial charge in [0.15, 0.2) is 0 Å². The Morgan fingerprint density at radius 3 is 2.94 bits per heavy atom. The van der Waals surface area contributed by atoms with E-state index >= 15 is 0 Å². The van der Waals surface area contributed by atoms with Crippen molar-refractivity contribution < 1.29 is 9.15 Å². The Kier molecular flexibility index (Phi) is 4.54. The molecule has 0 amide bonds. The molecule has 18 heavy (non-hydrogen) atoms. The fraction of sp³-hybridized carbons (Fsp3) is 0.833. The van der Waals surface area contributed by atoms with E-state index in [-0.39, 0.29) is 0 Å². The number of aromatic nitrogens is 2. The van der Waals surface area contributed by atoms with Gasteiger partial charge in [-0.25, -0.2) is 0 Å². The van der Waals surface area contributed by atoms with Gasteiger partial charge >= 0.3 is 6.01 Å². The first-order chi connectivity index (χ1) is 8.63. The molecule has 1 aliphatic heterocycles. The topological polar surface area (TPSA) is 72.2 Å². The Balaban J connectivity index is 1.82. The Morgan fingerprint density at radius 2 is 2.22 bits per heavy atom. The summed E-state index contributed by atoms with van der Waals surface area (Å²) in [5, 5.41) is 14.5. The van der Waals surface area contributed by atoms with E-state index in [1.165, 1.54) is 0 Å². The van der Waals surface area contributed by atoms with Crippen molar-refractivity contribution in [3.63, 3.8) is 0 Å². The molecule has 1 saturated heterocycles. The van der Waals surface area contributed by atoms with Crippen molar-refractivity contribution in [2.45, 2.75) is 58.3 Å². The zero-order chi connectivity index (χ0) is 13.0. The molecule has 0 saturated carbocycles. The van der Waals surface area contributed by atoms with Crippen LogP contribution < -0.4 is 10.6 Å². The second-order valence-electron chi connectivity index (χ2n) is 5.08. The fourth-order valence-electron chi connectivity index (χ4n) is 1.98. The first-order valence-corrected chi connectivity index (χ1v) is 6.57. The molecule has 1 fully saturated rings. The minimum Gasteiger partial charge on any atom is -0.407 e. The predicted octanol–water partition coefficient (Wildman–Crippen LogP) is 1.55. The van der Waals surface area contributed by atoms with Gasteiger partial charge in [0.2, 0.25) is 5.89 Å². The maximum Gasteiger partial charge on any atom is 0.315 e. The summed E-state index contributed by atoms with van der Waals surface area (Å²) in [7, 11) is 0. The van der Waals surface area contributed by atoms with Gasteiger partial charge in [0, 0.05) is 18.7 Å². The number of nitrogens with zero attached hydrogens (tertiary/aromatic N) is 2. The highest BCUT2D eigenvalue weighted by Crippen LogP contribution is 2.17. The van der Waals surface area contributed by atoms with Crippen molar-refractivity contribution in [2.24, 2.45) is 0 Å². The molecule has 1 aromatic rings. The van der Waals surface area contributed by atoms with Crippen LogP contribution in [-0.2, 0) is 11.3 Å². The number of hydrogen-bond donors (Lipinski definition) is 2. The third-order valence-corrected chi connectivity index (χ3v) is 2.94. The van der Waals surface area contributed by atoms with Crippen molar-refractivity contribution in [3.05, 3.63) is 5.89 Å². The number of ether oxygens (including phenoxy) is 1. The lowest BCUT2D eigenvalue weighted by Crippen LogP contribution is -2.32. The van der Waals surface area contributed by atoms with Gasteiger partial charge in [0.05, 0.1) is 12.6 Å². The highest BCUT2D eigenvalue weighted by atomic mass is 16.5. The molecule has 0 aliphatic carbocycles. The number of hydrogen-bond acceptors (Lipinski definition) is 6. The van der Waals surface area contributed by atoms with Crippen molar-refractivity contribution in [2.75, 3.05) is 11.9 Å². The van der Waals surface area contributed by atoms with Crippen molar-refractivity contribution in [3.8, 4) is 0 Å². The zero-order valence-corrected chi connectivity index (χ0v) is 11.3. The molecule has 0 radical (unpaired) electrons. The quantitative estimate of drug-likeness (QED) is 0.830. The largest absolute Gasteiger partial charge is 0.407 e. The van der Waals surface area contributed by atoms with Gasteiger partial charge in [-0.1, -0.05) is 18.9 Å². The lowest BCUT2D eigenvalue weighted by molar-refractivity contribution is 0.0229. The smallest absolute Gasteiger partial charge is 0.315 e. The van der Waals surface area contributed by atoms with Crippen LogP contribution in [0.4, 0.5) is 6.01 Å². The first-order valence-electron chi connectivity index (χ1n) is 6.57. The second kappa shape index (κ2) is 6.15. The summed E-state index contributed by atoms with van der Waals surface area (Å²) in [6.45, 7) is 7.64.